The lowest BCUT2D eigenvalue weighted by Gasteiger charge is -2.38. The van der Waals surface area contributed by atoms with Crippen molar-refractivity contribution in [1.29, 1.82) is 0 Å². The molecule has 4 heteroatoms. The van der Waals surface area contributed by atoms with E-state index in [2.05, 4.69) is 4.74 Å². The van der Waals surface area contributed by atoms with Gasteiger partial charge in [0.05, 0.1) is 12.2 Å². The molecule has 0 bridgehead atoms. The summed E-state index contributed by atoms with van der Waals surface area (Å²) >= 11 is 0. The van der Waals surface area contributed by atoms with Gasteiger partial charge in [0.15, 0.2) is 0 Å². The fourth-order valence-electron chi connectivity index (χ4n) is 1.03. The van der Waals surface area contributed by atoms with E-state index in [0.717, 1.165) is 0 Å². The summed E-state index contributed by atoms with van der Waals surface area (Å²) in [4.78, 5) is 0. The maximum Gasteiger partial charge on any atom is 0.356 e. The fourth-order valence-corrected chi connectivity index (χ4v) is 1.03. The Morgan fingerprint density at radius 2 is 2.09 bits per heavy atom. The number of aliphatic hydroxyl groups is 1. The molecule has 0 spiro atoms. The number of hydrogen-bond donors (Lipinski definition) is 1. The van der Waals surface area contributed by atoms with E-state index in [1.54, 1.807) is 6.92 Å². The van der Waals surface area contributed by atoms with Gasteiger partial charge in [-0.25, -0.2) is 0 Å². The van der Waals surface area contributed by atoms with E-state index >= 15 is 0 Å². The highest BCUT2D eigenvalue weighted by Gasteiger charge is 2.45. The van der Waals surface area contributed by atoms with Crippen molar-refractivity contribution in [2.24, 2.45) is 5.92 Å². The first-order chi connectivity index (χ1) is 4.83. The van der Waals surface area contributed by atoms with Crippen LogP contribution < -0.4 is 0 Å². The van der Waals surface area contributed by atoms with Gasteiger partial charge in [-0.3, -0.25) is 0 Å². The number of ether oxygens (including phenoxy) is 1. The third-order valence-electron chi connectivity index (χ3n) is 2.18. The summed E-state index contributed by atoms with van der Waals surface area (Å²) in [6.07, 6.45) is -3.46. The van der Waals surface area contributed by atoms with Crippen molar-refractivity contribution >= 4 is 0 Å². The molecule has 2 nitrogen and oxygen atoms in total. The molecule has 1 fully saturated rings. The Kier molecular flexibility index (Phi) is 1.92. The van der Waals surface area contributed by atoms with E-state index < -0.39 is 24.0 Å². The Balaban J connectivity index is 2.63. The minimum Gasteiger partial charge on any atom is -0.387 e. The van der Waals surface area contributed by atoms with E-state index in [4.69, 9.17) is 0 Å². The second-order valence-electron chi connectivity index (χ2n) is 3.39. The summed E-state index contributed by atoms with van der Waals surface area (Å²) in [6.45, 7) is 2.81. The molecule has 0 aromatic rings. The molecule has 0 aromatic carbocycles. The molecule has 0 amide bonds. The number of rotatable bonds is 0. The van der Waals surface area contributed by atoms with Gasteiger partial charge in [0.25, 0.3) is 0 Å². The Morgan fingerprint density at radius 3 is 2.45 bits per heavy atom. The zero-order valence-electron chi connectivity index (χ0n) is 6.60. The topological polar surface area (TPSA) is 29.5 Å². The number of hydrogen-bond acceptors (Lipinski definition) is 2. The van der Waals surface area contributed by atoms with Crippen LogP contribution in [0.1, 0.15) is 20.3 Å². The van der Waals surface area contributed by atoms with Crippen LogP contribution in [0.3, 0.4) is 0 Å². The molecule has 2 atom stereocenters. The highest BCUT2D eigenvalue weighted by molar-refractivity contribution is 4.85. The molecule has 1 N–H and O–H groups in total. The van der Waals surface area contributed by atoms with Crippen LogP contribution in [0.15, 0.2) is 0 Å². The summed E-state index contributed by atoms with van der Waals surface area (Å²) in [5.41, 5.74) is -1.11. The standard InChI is InChI=1S/C7H12F2O2/c1-5-3-7(8,9)11-4-6(5,2)10/h5,10H,3-4H2,1-2H3/t5-,6+/m0/s1. The molecule has 11 heavy (non-hydrogen) atoms. The van der Waals surface area contributed by atoms with Gasteiger partial charge >= 0.3 is 6.11 Å². The summed E-state index contributed by atoms with van der Waals surface area (Å²) in [7, 11) is 0. The maximum atomic E-state index is 12.5. The molecule has 0 radical (unpaired) electrons. The Labute approximate surface area is 64.2 Å². The second kappa shape index (κ2) is 2.38. The van der Waals surface area contributed by atoms with Crippen LogP contribution in [-0.2, 0) is 4.74 Å². The third kappa shape index (κ3) is 1.87. The van der Waals surface area contributed by atoms with Crippen LogP contribution >= 0.6 is 0 Å². The molecule has 1 aliphatic heterocycles. The molecular formula is C7H12F2O2. The van der Waals surface area contributed by atoms with Crippen molar-refractivity contribution in [2.45, 2.75) is 32.0 Å². The predicted octanol–water partition coefficient (Wildman–Crippen LogP) is 1.39. The first-order valence-electron chi connectivity index (χ1n) is 3.58. The third-order valence-corrected chi connectivity index (χ3v) is 2.18. The summed E-state index contributed by atoms with van der Waals surface area (Å²) < 4.78 is 29.1. The largest absolute Gasteiger partial charge is 0.387 e. The molecule has 1 aliphatic rings. The van der Waals surface area contributed by atoms with Gasteiger partial charge in [-0.2, -0.15) is 8.78 Å². The van der Waals surface area contributed by atoms with Crippen molar-refractivity contribution in [3.63, 3.8) is 0 Å². The Hall–Kier alpha value is -0.220. The quantitative estimate of drug-likeness (QED) is 0.589. The van der Waals surface area contributed by atoms with Gasteiger partial charge in [0.2, 0.25) is 0 Å². The smallest absolute Gasteiger partial charge is 0.356 e. The molecule has 0 saturated carbocycles. The van der Waals surface area contributed by atoms with E-state index in [1.165, 1.54) is 6.92 Å². The zero-order chi connectivity index (χ0) is 8.70. The first kappa shape index (κ1) is 8.87. The highest BCUT2D eigenvalue weighted by atomic mass is 19.3. The van der Waals surface area contributed by atoms with Crippen molar-refractivity contribution in [3.05, 3.63) is 0 Å². The predicted molar refractivity (Wildman–Crippen MR) is 35.3 cm³/mol. The molecule has 0 unspecified atom stereocenters. The molecular weight excluding hydrogens is 154 g/mol. The minimum atomic E-state index is -3.05. The Bertz CT molecular complexity index is 157. The first-order valence-corrected chi connectivity index (χ1v) is 3.58. The van der Waals surface area contributed by atoms with Crippen LogP contribution in [-0.4, -0.2) is 23.4 Å². The molecule has 0 aliphatic carbocycles. The maximum absolute atomic E-state index is 12.5. The van der Waals surface area contributed by atoms with Gasteiger partial charge in [-0.15, -0.1) is 0 Å². The molecule has 0 aromatic heterocycles. The average Bonchev–Trinajstić information content (AvgIpc) is 1.81. The lowest BCUT2D eigenvalue weighted by Crippen LogP contribution is -2.48. The van der Waals surface area contributed by atoms with Crippen molar-refractivity contribution in [2.75, 3.05) is 6.61 Å². The molecule has 1 rings (SSSR count). The van der Waals surface area contributed by atoms with Crippen molar-refractivity contribution in [3.8, 4) is 0 Å². The van der Waals surface area contributed by atoms with Crippen LogP contribution in [0.4, 0.5) is 8.78 Å². The molecule has 66 valence electrons. The van der Waals surface area contributed by atoms with Gasteiger partial charge in [0, 0.05) is 6.42 Å². The average molecular weight is 166 g/mol. The van der Waals surface area contributed by atoms with Crippen LogP contribution in [0.5, 0.6) is 0 Å². The van der Waals surface area contributed by atoms with E-state index in [1.807, 2.05) is 0 Å². The van der Waals surface area contributed by atoms with Crippen LogP contribution in [0, 0.1) is 5.92 Å². The second-order valence-corrected chi connectivity index (χ2v) is 3.39. The lowest BCUT2D eigenvalue weighted by molar-refractivity contribution is -0.305. The monoisotopic (exact) mass is 166 g/mol. The van der Waals surface area contributed by atoms with E-state index in [9.17, 15) is 13.9 Å². The summed E-state index contributed by atoms with van der Waals surface area (Å²) in [5, 5.41) is 9.42. The molecule has 1 saturated heterocycles. The van der Waals surface area contributed by atoms with Gasteiger partial charge in [-0.1, -0.05) is 6.92 Å². The van der Waals surface area contributed by atoms with Gasteiger partial charge < -0.3 is 9.84 Å². The highest BCUT2D eigenvalue weighted by Crippen LogP contribution is 2.36. The normalized spacial score (nSPS) is 43.9. The Morgan fingerprint density at radius 1 is 1.55 bits per heavy atom. The minimum absolute atomic E-state index is 0.291. The number of halogens is 2. The van der Waals surface area contributed by atoms with Crippen molar-refractivity contribution < 1.29 is 18.6 Å². The summed E-state index contributed by atoms with van der Waals surface area (Å²) in [6, 6.07) is 0. The van der Waals surface area contributed by atoms with Gasteiger partial charge in [-0.05, 0) is 12.8 Å². The van der Waals surface area contributed by atoms with Gasteiger partial charge in [0.1, 0.15) is 0 Å². The SMILES string of the molecule is C[C@H]1CC(F)(F)OC[C@@]1(C)O. The lowest BCUT2D eigenvalue weighted by atomic mass is 9.86. The van der Waals surface area contributed by atoms with Crippen LogP contribution in [0.25, 0.3) is 0 Å². The van der Waals surface area contributed by atoms with Crippen LogP contribution in [0.2, 0.25) is 0 Å². The fraction of sp³-hybridized carbons (Fsp3) is 1.00. The van der Waals surface area contributed by atoms with E-state index in [0.29, 0.717) is 0 Å². The van der Waals surface area contributed by atoms with E-state index in [-0.39, 0.29) is 6.61 Å². The number of alkyl halides is 2. The zero-order valence-corrected chi connectivity index (χ0v) is 6.60. The molecule has 1 heterocycles. The van der Waals surface area contributed by atoms with Crippen molar-refractivity contribution in [1.82, 2.24) is 0 Å². The summed E-state index contributed by atoms with van der Waals surface area (Å²) in [5.74, 6) is -0.425.